The normalized spacial score (nSPS) is 21.0. The van der Waals surface area contributed by atoms with Crippen LogP contribution in [0.3, 0.4) is 0 Å². The maximum atomic E-state index is 12.5. The quantitative estimate of drug-likeness (QED) is 0.865. The largest absolute Gasteiger partial charge is 0.383 e. The first kappa shape index (κ1) is 19.9. The number of aliphatic hydroxyl groups is 1. The molecule has 27 heavy (non-hydrogen) atoms. The van der Waals surface area contributed by atoms with Gasteiger partial charge in [-0.05, 0) is 42.6 Å². The van der Waals surface area contributed by atoms with Gasteiger partial charge in [0.2, 0.25) is 5.91 Å². The van der Waals surface area contributed by atoms with Gasteiger partial charge in [-0.1, -0.05) is 44.2 Å². The fourth-order valence-electron chi connectivity index (χ4n) is 4.42. The molecule has 2 fully saturated rings. The minimum atomic E-state index is -0.887. The van der Waals surface area contributed by atoms with Crippen LogP contribution in [0.2, 0.25) is 0 Å². The molecule has 2 saturated heterocycles. The number of aliphatic hydroxyl groups excluding tert-OH is 1. The summed E-state index contributed by atoms with van der Waals surface area (Å²) in [5.41, 5.74) is 1.27. The molecule has 0 aromatic heterocycles. The third kappa shape index (κ3) is 4.89. The summed E-state index contributed by atoms with van der Waals surface area (Å²) < 4.78 is 0. The summed E-state index contributed by atoms with van der Waals surface area (Å²) in [7, 11) is 0. The van der Waals surface area contributed by atoms with E-state index in [0.717, 1.165) is 31.4 Å². The zero-order valence-corrected chi connectivity index (χ0v) is 16.6. The van der Waals surface area contributed by atoms with Crippen molar-refractivity contribution in [3.05, 3.63) is 35.9 Å². The Kier molecular flexibility index (Phi) is 6.20. The fraction of sp³-hybridized carbons (Fsp3) is 0.636. The number of nitrogens with zero attached hydrogens (tertiary/aromatic N) is 2. The second-order valence-corrected chi connectivity index (χ2v) is 8.71. The van der Waals surface area contributed by atoms with Crippen molar-refractivity contribution < 1.29 is 14.7 Å². The van der Waals surface area contributed by atoms with Gasteiger partial charge in [0.15, 0.2) is 0 Å². The molecule has 0 unspecified atom stereocenters. The molecule has 1 aromatic rings. The molecule has 5 heteroatoms. The predicted molar refractivity (Wildman–Crippen MR) is 105 cm³/mol. The van der Waals surface area contributed by atoms with Crippen LogP contribution in [-0.2, 0) is 16.1 Å². The highest BCUT2D eigenvalue weighted by Crippen LogP contribution is 2.40. The minimum absolute atomic E-state index is 0.114. The van der Waals surface area contributed by atoms with Crippen LogP contribution in [0.1, 0.15) is 51.5 Å². The molecule has 2 heterocycles. The van der Waals surface area contributed by atoms with Crippen LogP contribution in [0.5, 0.6) is 0 Å². The number of piperidine rings is 2. The Morgan fingerprint density at radius 3 is 2.44 bits per heavy atom. The van der Waals surface area contributed by atoms with E-state index in [0.29, 0.717) is 38.4 Å². The van der Waals surface area contributed by atoms with E-state index >= 15 is 0 Å². The van der Waals surface area contributed by atoms with E-state index in [9.17, 15) is 14.7 Å². The highest BCUT2D eigenvalue weighted by Gasteiger charge is 2.42. The maximum Gasteiger partial charge on any atom is 0.251 e. The molecular formula is C22H32N2O3. The van der Waals surface area contributed by atoms with Crippen molar-refractivity contribution in [2.24, 2.45) is 11.3 Å². The highest BCUT2D eigenvalue weighted by molar-refractivity contribution is 5.81. The molecule has 5 nitrogen and oxygen atoms in total. The van der Waals surface area contributed by atoms with Gasteiger partial charge < -0.3 is 14.9 Å². The van der Waals surface area contributed by atoms with E-state index < -0.39 is 6.10 Å². The van der Waals surface area contributed by atoms with Gasteiger partial charge in [-0.2, -0.15) is 0 Å². The smallest absolute Gasteiger partial charge is 0.251 e. The first-order valence-electron chi connectivity index (χ1n) is 10.2. The Morgan fingerprint density at radius 1 is 1.15 bits per heavy atom. The lowest BCUT2D eigenvalue weighted by atomic mass is 9.72. The molecular weight excluding hydrogens is 340 g/mol. The Bertz CT molecular complexity index is 651. The Morgan fingerprint density at radius 2 is 1.81 bits per heavy atom. The minimum Gasteiger partial charge on any atom is -0.383 e. The van der Waals surface area contributed by atoms with Crippen LogP contribution in [-0.4, -0.2) is 52.5 Å². The van der Waals surface area contributed by atoms with Gasteiger partial charge in [-0.3, -0.25) is 9.59 Å². The lowest BCUT2D eigenvalue weighted by molar-refractivity contribution is -0.147. The van der Waals surface area contributed by atoms with E-state index in [2.05, 4.69) is 12.1 Å². The predicted octanol–water partition coefficient (Wildman–Crippen LogP) is 2.82. The van der Waals surface area contributed by atoms with E-state index in [-0.39, 0.29) is 17.2 Å². The lowest BCUT2D eigenvalue weighted by Crippen LogP contribution is -2.53. The molecule has 0 radical (unpaired) electrons. The van der Waals surface area contributed by atoms with Gasteiger partial charge in [-0.15, -0.1) is 0 Å². The number of amides is 2. The summed E-state index contributed by atoms with van der Waals surface area (Å²) in [6, 6.07) is 10.1. The summed E-state index contributed by atoms with van der Waals surface area (Å²) in [6.07, 6.45) is 2.95. The molecule has 0 aliphatic carbocycles. The third-order valence-electron chi connectivity index (χ3n) is 6.08. The van der Waals surface area contributed by atoms with Gasteiger partial charge in [-0.25, -0.2) is 0 Å². The summed E-state index contributed by atoms with van der Waals surface area (Å²) in [4.78, 5) is 28.7. The molecule has 2 aliphatic heterocycles. The van der Waals surface area contributed by atoms with Gasteiger partial charge >= 0.3 is 0 Å². The number of rotatable bonds is 5. The van der Waals surface area contributed by atoms with Crippen molar-refractivity contribution in [3.8, 4) is 0 Å². The molecule has 2 amide bonds. The zero-order valence-electron chi connectivity index (χ0n) is 16.6. The summed E-state index contributed by atoms with van der Waals surface area (Å²) in [5, 5.41) is 10.1. The van der Waals surface area contributed by atoms with Crippen molar-refractivity contribution in [2.75, 3.05) is 19.6 Å². The number of carbonyl (C=O) groups excluding carboxylic acids is 2. The van der Waals surface area contributed by atoms with E-state index in [4.69, 9.17) is 0 Å². The SMILES string of the molecule is CC(C)C[C@@H](O)C(=O)N1CCC2(CCC(=O)N(Cc3ccccc3)C2)CC1. The van der Waals surface area contributed by atoms with Crippen LogP contribution in [0.15, 0.2) is 30.3 Å². The highest BCUT2D eigenvalue weighted by atomic mass is 16.3. The van der Waals surface area contributed by atoms with E-state index in [1.807, 2.05) is 41.8 Å². The van der Waals surface area contributed by atoms with Crippen LogP contribution in [0, 0.1) is 11.3 Å². The average molecular weight is 373 g/mol. The van der Waals surface area contributed by atoms with Crippen molar-refractivity contribution >= 4 is 11.8 Å². The lowest BCUT2D eigenvalue weighted by Gasteiger charge is -2.47. The number of carbonyl (C=O) groups is 2. The van der Waals surface area contributed by atoms with Gasteiger partial charge in [0.25, 0.3) is 5.91 Å². The van der Waals surface area contributed by atoms with Gasteiger partial charge in [0.1, 0.15) is 6.10 Å². The summed E-state index contributed by atoms with van der Waals surface area (Å²) >= 11 is 0. The second kappa shape index (κ2) is 8.42. The second-order valence-electron chi connectivity index (χ2n) is 8.71. The number of likely N-dealkylation sites (tertiary alicyclic amines) is 2. The molecule has 1 spiro atoms. The van der Waals surface area contributed by atoms with Gasteiger partial charge in [0.05, 0.1) is 0 Å². The number of hydrogen-bond donors (Lipinski definition) is 1. The topological polar surface area (TPSA) is 60.9 Å². The first-order chi connectivity index (χ1) is 12.9. The number of hydrogen-bond acceptors (Lipinski definition) is 3. The summed E-state index contributed by atoms with van der Waals surface area (Å²) in [5.74, 6) is 0.401. The van der Waals surface area contributed by atoms with Crippen LogP contribution >= 0.6 is 0 Å². The third-order valence-corrected chi connectivity index (χ3v) is 6.08. The number of benzene rings is 1. The average Bonchev–Trinajstić information content (AvgIpc) is 2.65. The van der Waals surface area contributed by atoms with Crippen LogP contribution < -0.4 is 0 Å². The molecule has 2 aliphatic rings. The maximum absolute atomic E-state index is 12.5. The Labute approximate surface area is 162 Å². The fourth-order valence-corrected chi connectivity index (χ4v) is 4.42. The molecule has 3 rings (SSSR count). The van der Waals surface area contributed by atoms with Crippen molar-refractivity contribution in [2.45, 2.75) is 58.6 Å². The summed E-state index contributed by atoms with van der Waals surface area (Å²) in [6.45, 7) is 6.83. The molecule has 148 valence electrons. The van der Waals surface area contributed by atoms with Crippen molar-refractivity contribution in [1.82, 2.24) is 9.80 Å². The van der Waals surface area contributed by atoms with Crippen LogP contribution in [0.4, 0.5) is 0 Å². The molecule has 0 bridgehead atoms. The van der Waals surface area contributed by atoms with Gasteiger partial charge in [0, 0.05) is 32.6 Å². The molecule has 1 aromatic carbocycles. The van der Waals surface area contributed by atoms with Crippen molar-refractivity contribution in [3.63, 3.8) is 0 Å². The monoisotopic (exact) mass is 372 g/mol. The van der Waals surface area contributed by atoms with Crippen molar-refractivity contribution in [1.29, 1.82) is 0 Å². The first-order valence-corrected chi connectivity index (χ1v) is 10.2. The van der Waals surface area contributed by atoms with Crippen LogP contribution in [0.25, 0.3) is 0 Å². The Hall–Kier alpha value is -1.88. The molecule has 0 saturated carbocycles. The van der Waals surface area contributed by atoms with E-state index in [1.165, 1.54) is 0 Å². The molecule has 1 atom stereocenters. The van der Waals surface area contributed by atoms with E-state index in [1.54, 1.807) is 0 Å². The standard InChI is InChI=1S/C22H32N2O3/c1-17(2)14-19(25)21(27)23-12-10-22(11-13-23)9-8-20(26)24(16-22)15-18-6-4-3-5-7-18/h3-7,17,19,25H,8-16H2,1-2H3/t19-/m1/s1. The zero-order chi connectivity index (χ0) is 19.4. The Balaban J connectivity index is 1.58. The molecule has 1 N–H and O–H groups in total.